The summed E-state index contributed by atoms with van der Waals surface area (Å²) in [6.45, 7) is 0. The average Bonchev–Trinajstić information content (AvgIpc) is 2.82. The molecule has 0 saturated carbocycles. The summed E-state index contributed by atoms with van der Waals surface area (Å²) in [5.41, 5.74) is 9.74. The van der Waals surface area contributed by atoms with E-state index in [4.69, 9.17) is 15.9 Å². The Bertz CT molecular complexity index is 999. The first kappa shape index (κ1) is 18.2. The third-order valence-electron chi connectivity index (χ3n) is 4.80. The third kappa shape index (κ3) is 3.66. The Hall–Kier alpha value is -2.13. The van der Waals surface area contributed by atoms with Crippen LogP contribution in [0.2, 0.25) is 0 Å². The van der Waals surface area contributed by atoms with Gasteiger partial charge in [0.2, 0.25) is 0 Å². The first-order valence-electron chi connectivity index (χ1n) is 8.81. The summed E-state index contributed by atoms with van der Waals surface area (Å²) in [5.74, 6) is -0.271. The Morgan fingerprint density at radius 3 is 2.67 bits per heavy atom. The number of thiophene rings is 1. The number of carbonyl (C=O) groups excluding carboxylic acids is 1. The largest absolute Gasteiger partial charge is 0.593 e. The molecule has 140 valence electrons. The molecule has 0 fully saturated rings. The maximum Gasteiger partial charge on any atom is 0.267 e. The quantitative estimate of drug-likeness (QED) is 0.460. The van der Waals surface area contributed by atoms with Crippen LogP contribution in [0.25, 0.3) is 10.2 Å². The van der Waals surface area contributed by atoms with Gasteiger partial charge >= 0.3 is 0 Å². The van der Waals surface area contributed by atoms with E-state index in [1.807, 2.05) is 0 Å². The Morgan fingerprint density at radius 1 is 1.19 bits per heavy atom. The highest BCUT2D eigenvalue weighted by molar-refractivity contribution is 7.89. The van der Waals surface area contributed by atoms with Gasteiger partial charge in [-0.3, -0.25) is 4.79 Å². The van der Waals surface area contributed by atoms with Crippen molar-refractivity contribution in [3.63, 3.8) is 0 Å². The molecule has 6 nitrogen and oxygen atoms in total. The van der Waals surface area contributed by atoms with Crippen molar-refractivity contribution < 1.29 is 9.35 Å². The number of benzene rings is 1. The predicted molar refractivity (Wildman–Crippen MR) is 110 cm³/mol. The minimum Gasteiger partial charge on any atom is -0.593 e. The summed E-state index contributed by atoms with van der Waals surface area (Å²) >= 11 is -0.220. The molecular weight excluding hydrogens is 380 g/mol. The van der Waals surface area contributed by atoms with Crippen molar-refractivity contribution in [3.8, 4) is 0 Å². The minimum absolute atomic E-state index is 0.271. The molecule has 1 unspecified atom stereocenters. The second-order valence-electron chi connectivity index (χ2n) is 6.63. The van der Waals surface area contributed by atoms with E-state index in [1.165, 1.54) is 29.7 Å². The van der Waals surface area contributed by atoms with E-state index >= 15 is 0 Å². The van der Waals surface area contributed by atoms with E-state index < -0.39 is 11.4 Å². The van der Waals surface area contributed by atoms with Gasteiger partial charge < -0.3 is 15.6 Å². The number of nitrogen functional groups attached to an aromatic ring is 1. The number of aryl methyl sites for hydroxylation is 2. The van der Waals surface area contributed by atoms with Gasteiger partial charge in [-0.05, 0) is 61.6 Å². The molecule has 1 atom stereocenters. The van der Waals surface area contributed by atoms with Crippen LogP contribution in [0.5, 0.6) is 0 Å². The maximum absolute atomic E-state index is 12.7. The fourth-order valence-electron chi connectivity index (χ4n) is 3.37. The summed E-state index contributed by atoms with van der Waals surface area (Å²) in [7, 11) is 0. The number of anilines is 2. The third-order valence-corrected chi connectivity index (χ3v) is 6.65. The average molecular weight is 401 g/mol. The fourth-order valence-corrected chi connectivity index (χ4v) is 4.76. The number of nitrogens with two attached hydrogens (primary N) is 2. The monoisotopic (exact) mass is 400 g/mol. The zero-order valence-corrected chi connectivity index (χ0v) is 16.3. The summed E-state index contributed by atoms with van der Waals surface area (Å²) in [6.07, 6.45) is 5.55. The zero-order chi connectivity index (χ0) is 19.0. The molecule has 4 rings (SSSR count). The number of fused-ring (bicyclic) bond motifs is 2. The predicted octanol–water partition coefficient (Wildman–Crippen LogP) is 3.38. The molecule has 8 heteroatoms. The summed E-state index contributed by atoms with van der Waals surface area (Å²) in [5, 5.41) is 9.03. The smallest absolute Gasteiger partial charge is 0.267 e. The van der Waals surface area contributed by atoms with Crippen molar-refractivity contribution in [3.05, 3.63) is 46.5 Å². The van der Waals surface area contributed by atoms with Crippen LogP contribution >= 0.6 is 11.3 Å². The molecule has 0 radical (unpaired) electrons. The van der Waals surface area contributed by atoms with Crippen LogP contribution in [-0.4, -0.2) is 15.4 Å². The van der Waals surface area contributed by atoms with E-state index in [-0.39, 0.29) is 5.91 Å². The molecular formula is C19H20N4O2S2. The van der Waals surface area contributed by atoms with Gasteiger partial charge in [-0.15, -0.1) is 16.5 Å². The van der Waals surface area contributed by atoms with E-state index in [9.17, 15) is 9.35 Å². The summed E-state index contributed by atoms with van der Waals surface area (Å²) < 4.78 is 11.3. The molecule has 27 heavy (non-hydrogen) atoms. The molecule has 1 aliphatic rings. The lowest BCUT2D eigenvalue weighted by molar-refractivity contribution is 0.103. The molecule has 3 aromatic rings. The number of carbonyl (C=O) groups is 1. The second-order valence-corrected chi connectivity index (χ2v) is 8.69. The molecule has 0 bridgehead atoms. The van der Waals surface area contributed by atoms with Gasteiger partial charge in [-0.1, -0.05) is 6.42 Å². The zero-order valence-electron chi connectivity index (χ0n) is 14.7. The van der Waals surface area contributed by atoms with Crippen LogP contribution in [0.3, 0.4) is 0 Å². The fraction of sp³-hybridized carbons (Fsp3) is 0.263. The highest BCUT2D eigenvalue weighted by Crippen LogP contribution is 2.35. The number of nitrogens with zero attached hydrogens (tertiary/aromatic N) is 1. The Balaban J connectivity index is 1.62. The van der Waals surface area contributed by atoms with E-state index in [0.717, 1.165) is 35.2 Å². The topological polar surface area (TPSA) is 117 Å². The van der Waals surface area contributed by atoms with Crippen molar-refractivity contribution >= 4 is 50.2 Å². The normalized spacial score (nSPS) is 15.2. The second kappa shape index (κ2) is 7.47. The van der Waals surface area contributed by atoms with Crippen molar-refractivity contribution in [2.45, 2.75) is 37.0 Å². The SMILES string of the molecule is Nc1c(C(=O)Nc2ccc([S+](N)[O-])cc2)sc2nc3c(cc12)CCCCC3. The van der Waals surface area contributed by atoms with E-state index in [2.05, 4.69) is 11.4 Å². The summed E-state index contributed by atoms with van der Waals surface area (Å²) in [4.78, 5) is 19.3. The molecule has 1 amide bonds. The number of amides is 1. The number of hydrogen-bond acceptors (Lipinski definition) is 6. The van der Waals surface area contributed by atoms with Crippen LogP contribution in [0.1, 0.15) is 40.2 Å². The molecule has 0 spiro atoms. The molecule has 1 aliphatic carbocycles. The lowest BCUT2D eigenvalue weighted by atomic mass is 10.1. The Labute approximate surface area is 164 Å². The molecule has 2 aromatic heterocycles. The van der Waals surface area contributed by atoms with E-state index in [1.54, 1.807) is 24.3 Å². The number of nitrogens with one attached hydrogen (secondary N) is 1. The molecule has 2 heterocycles. The van der Waals surface area contributed by atoms with Gasteiger partial charge in [0.25, 0.3) is 5.91 Å². The molecule has 1 aromatic carbocycles. The van der Waals surface area contributed by atoms with E-state index in [0.29, 0.717) is 21.1 Å². The van der Waals surface area contributed by atoms with Crippen molar-refractivity contribution in [1.82, 2.24) is 4.98 Å². The number of pyridine rings is 1. The molecule has 0 saturated heterocycles. The number of rotatable bonds is 3. The van der Waals surface area contributed by atoms with Crippen LogP contribution in [-0.2, 0) is 24.2 Å². The van der Waals surface area contributed by atoms with Gasteiger partial charge in [0.05, 0.1) is 17.0 Å². The Morgan fingerprint density at radius 2 is 1.93 bits per heavy atom. The van der Waals surface area contributed by atoms with Crippen LogP contribution in [0, 0.1) is 0 Å². The minimum atomic E-state index is -1.54. The first-order valence-corrected chi connectivity index (χ1v) is 10.8. The van der Waals surface area contributed by atoms with Crippen molar-refractivity contribution in [2.75, 3.05) is 11.1 Å². The van der Waals surface area contributed by atoms with Crippen molar-refractivity contribution in [2.24, 2.45) is 5.14 Å². The number of hydrogen-bond donors (Lipinski definition) is 3. The number of aromatic nitrogens is 1. The standard InChI is InChI=1S/C19H20N4O2S2/c20-16-14-10-11-4-2-1-3-5-15(11)23-19(14)26-17(16)18(24)22-12-6-8-13(9-7-12)27(21)25/h6-10H,1-5,20-21H2,(H,22,24). The molecule has 0 aliphatic heterocycles. The summed E-state index contributed by atoms with van der Waals surface area (Å²) in [6, 6.07) is 8.69. The van der Waals surface area contributed by atoms with Crippen LogP contribution < -0.4 is 16.2 Å². The van der Waals surface area contributed by atoms with Gasteiger partial charge in [-0.25, -0.2) is 4.98 Å². The lowest BCUT2D eigenvalue weighted by Crippen LogP contribution is -2.14. The molecule has 5 N–H and O–H groups in total. The highest BCUT2D eigenvalue weighted by atomic mass is 32.2. The van der Waals surface area contributed by atoms with Crippen molar-refractivity contribution in [1.29, 1.82) is 0 Å². The first-order chi connectivity index (χ1) is 13.0. The highest BCUT2D eigenvalue weighted by Gasteiger charge is 2.20. The maximum atomic E-state index is 12.7. The lowest BCUT2D eigenvalue weighted by Gasteiger charge is -2.06. The van der Waals surface area contributed by atoms with Crippen LogP contribution in [0.4, 0.5) is 11.4 Å². The van der Waals surface area contributed by atoms with Gasteiger partial charge in [0.1, 0.15) is 9.71 Å². The van der Waals surface area contributed by atoms with Gasteiger partial charge in [-0.2, -0.15) is 0 Å². The van der Waals surface area contributed by atoms with Gasteiger partial charge in [0, 0.05) is 16.8 Å². The van der Waals surface area contributed by atoms with Gasteiger partial charge in [0.15, 0.2) is 4.90 Å². The van der Waals surface area contributed by atoms with Crippen LogP contribution in [0.15, 0.2) is 35.2 Å². The Kier molecular flexibility index (Phi) is 5.05.